The lowest BCUT2D eigenvalue weighted by atomic mass is 10.2. The molecule has 154 valence electrons. The summed E-state index contributed by atoms with van der Waals surface area (Å²) >= 11 is 3.33. The number of aromatic nitrogens is 4. The highest BCUT2D eigenvalue weighted by Gasteiger charge is 2.19. The molecule has 0 amide bonds. The third-order valence-corrected chi connectivity index (χ3v) is 5.03. The van der Waals surface area contributed by atoms with Crippen LogP contribution in [0, 0.1) is 0 Å². The Labute approximate surface area is 175 Å². The van der Waals surface area contributed by atoms with Gasteiger partial charge in [0.25, 0.3) is 5.56 Å². The normalized spacial score (nSPS) is 11.1. The number of nitrogens with one attached hydrogen (secondary N) is 1. The molecule has 0 saturated carbocycles. The number of benzene rings is 1. The van der Waals surface area contributed by atoms with Crippen LogP contribution >= 0.6 is 15.9 Å². The number of carbonyl (C=O) groups is 1. The third kappa shape index (κ3) is 4.50. The smallest absolute Gasteiger partial charge is 0.338 e. The zero-order valence-corrected chi connectivity index (χ0v) is 18.0. The molecule has 0 aliphatic rings. The van der Waals surface area contributed by atoms with Gasteiger partial charge in [-0.05, 0) is 31.0 Å². The summed E-state index contributed by atoms with van der Waals surface area (Å²) in [6, 6.07) is 6.90. The Morgan fingerprint density at radius 2 is 1.97 bits per heavy atom. The van der Waals surface area contributed by atoms with Crippen LogP contribution in [0.1, 0.15) is 49.3 Å². The van der Waals surface area contributed by atoms with E-state index in [-0.39, 0.29) is 6.61 Å². The van der Waals surface area contributed by atoms with Crippen LogP contribution < -0.4 is 11.2 Å². The van der Waals surface area contributed by atoms with Gasteiger partial charge in [-0.1, -0.05) is 42.3 Å². The second-order valence-electron chi connectivity index (χ2n) is 6.70. The van der Waals surface area contributed by atoms with Crippen molar-refractivity contribution < 1.29 is 9.53 Å². The standard InChI is InChI=1S/C20H23BrN4O4/c1-3-5-10-25-17-16(18(26)23-20(25)28)24(9-4-2)15(22-17)12-29-19(27)13-7-6-8-14(21)11-13/h6-8,11H,3-5,9-10,12H2,1-2H3,(H,23,26,28). The van der Waals surface area contributed by atoms with Gasteiger partial charge in [-0.3, -0.25) is 14.3 Å². The molecule has 1 aromatic carbocycles. The highest BCUT2D eigenvalue weighted by atomic mass is 79.9. The fraction of sp³-hybridized carbons (Fsp3) is 0.400. The molecule has 0 radical (unpaired) electrons. The minimum absolute atomic E-state index is 0.0958. The molecule has 0 atom stereocenters. The van der Waals surface area contributed by atoms with E-state index in [2.05, 4.69) is 25.9 Å². The number of aromatic amines is 1. The third-order valence-electron chi connectivity index (χ3n) is 4.54. The van der Waals surface area contributed by atoms with Crippen LogP contribution in [0.4, 0.5) is 0 Å². The molecule has 8 nitrogen and oxygen atoms in total. The van der Waals surface area contributed by atoms with Gasteiger partial charge in [0.05, 0.1) is 5.56 Å². The number of hydrogen-bond donors (Lipinski definition) is 1. The number of fused-ring (bicyclic) bond motifs is 1. The van der Waals surface area contributed by atoms with Gasteiger partial charge >= 0.3 is 11.7 Å². The summed E-state index contributed by atoms with van der Waals surface area (Å²) in [7, 11) is 0. The van der Waals surface area contributed by atoms with Gasteiger partial charge in [0.1, 0.15) is 12.4 Å². The van der Waals surface area contributed by atoms with Gasteiger partial charge in [-0.25, -0.2) is 14.6 Å². The molecular weight excluding hydrogens is 440 g/mol. The van der Waals surface area contributed by atoms with Crippen molar-refractivity contribution >= 4 is 33.1 Å². The van der Waals surface area contributed by atoms with Crippen molar-refractivity contribution in [1.82, 2.24) is 19.1 Å². The molecule has 0 aliphatic heterocycles. The molecule has 0 unspecified atom stereocenters. The van der Waals surface area contributed by atoms with Crippen molar-refractivity contribution in [3.05, 3.63) is 61.0 Å². The van der Waals surface area contributed by atoms with E-state index in [0.717, 1.165) is 23.7 Å². The van der Waals surface area contributed by atoms with Crippen LogP contribution in [0.15, 0.2) is 38.3 Å². The van der Waals surface area contributed by atoms with E-state index in [1.165, 1.54) is 4.57 Å². The van der Waals surface area contributed by atoms with Gasteiger partial charge in [-0.2, -0.15) is 0 Å². The summed E-state index contributed by atoms with van der Waals surface area (Å²) < 4.78 is 9.41. The number of unbranched alkanes of at least 4 members (excludes halogenated alkanes) is 1. The number of hydrogen-bond acceptors (Lipinski definition) is 5. The van der Waals surface area contributed by atoms with E-state index in [1.807, 2.05) is 19.9 Å². The minimum Gasteiger partial charge on any atom is -0.454 e. The second-order valence-corrected chi connectivity index (χ2v) is 7.62. The number of ether oxygens (including phenoxy) is 1. The van der Waals surface area contributed by atoms with Gasteiger partial charge < -0.3 is 9.30 Å². The molecular formula is C20H23BrN4O4. The topological polar surface area (TPSA) is 99.0 Å². The first-order chi connectivity index (χ1) is 14.0. The van der Waals surface area contributed by atoms with E-state index in [4.69, 9.17) is 4.74 Å². The maximum absolute atomic E-state index is 12.5. The predicted molar refractivity (Wildman–Crippen MR) is 113 cm³/mol. The fourth-order valence-corrected chi connectivity index (χ4v) is 3.54. The fourth-order valence-electron chi connectivity index (χ4n) is 3.14. The minimum atomic E-state index is -0.487. The van der Waals surface area contributed by atoms with Crippen molar-refractivity contribution in [3.63, 3.8) is 0 Å². The van der Waals surface area contributed by atoms with E-state index in [9.17, 15) is 14.4 Å². The Hall–Kier alpha value is -2.68. The molecule has 0 saturated heterocycles. The number of esters is 1. The van der Waals surface area contributed by atoms with Crippen molar-refractivity contribution in [3.8, 4) is 0 Å². The predicted octanol–water partition coefficient (Wildman–Crippen LogP) is 3.22. The van der Waals surface area contributed by atoms with Gasteiger partial charge in [-0.15, -0.1) is 0 Å². The van der Waals surface area contributed by atoms with E-state index in [1.54, 1.807) is 22.8 Å². The maximum atomic E-state index is 12.5. The molecule has 29 heavy (non-hydrogen) atoms. The van der Waals surface area contributed by atoms with Crippen LogP contribution in [0.5, 0.6) is 0 Å². The van der Waals surface area contributed by atoms with Crippen LogP contribution in [-0.4, -0.2) is 25.1 Å². The van der Waals surface area contributed by atoms with Crippen molar-refractivity contribution in [2.75, 3.05) is 0 Å². The Kier molecular flexibility index (Phi) is 6.68. The molecule has 0 aliphatic carbocycles. The number of nitrogens with zero attached hydrogens (tertiary/aromatic N) is 3. The molecule has 2 heterocycles. The second kappa shape index (κ2) is 9.21. The van der Waals surface area contributed by atoms with E-state index >= 15 is 0 Å². The highest BCUT2D eigenvalue weighted by molar-refractivity contribution is 9.10. The van der Waals surface area contributed by atoms with Gasteiger partial charge in [0.15, 0.2) is 11.2 Å². The SMILES string of the molecule is CCCCn1c(=O)[nH]c(=O)c2c1nc(COC(=O)c1cccc(Br)c1)n2CCC. The summed E-state index contributed by atoms with van der Waals surface area (Å²) in [6.07, 6.45) is 2.44. The molecule has 1 N–H and O–H groups in total. The van der Waals surface area contributed by atoms with Crippen molar-refractivity contribution in [2.45, 2.75) is 52.8 Å². The number of H-pyrrole nitrogens is 1. The molecule has 3 rings (SSSR count). The number of rotatable bonds is 8. The molecule has 0 bridgehead atoms. The summed E-state index contributed by atoms with van der Waals surface area (Å²) in [4.78, 5) is 44.0. The number of imidazole rings is 1. The van der Waals surface area contributed by atoms with Gasteiger partial charge in [0, 0.05) is 17.6 Å². The first kappa shape index (κ1) is 21.0. The zero-order valence-electron chi connectivity index (χ0n) is 16.4. The largest absolute Gasteiger partial charge is 0.454 e. The van der Waals surface area contributed by atoms with Crippen LogP contribution in [-0.2, 0) is 24.4 Å². The Bertz CT molecular complexity index is 1150. The van der Waals surface area contributed by atoms with Crippen LogP contribution in [0.2, 0.25) is 0 Å². The molecule has 9 heteroatoms. The average molecular weight is 463 g/mol. The zero-order chi connectivity index (χ0) is 21.0. The monoisotopic (exact) mass is 462 g/mol. The maximum Gasteiger partial charge on any atom is 0.338 e. The lowest BCUT2D eigenvalue weighted by molar-refractivity contribution is 0.0458. The van der Waals surface area contributed by atoms with Crippen molar-refractivity contribution in [1.29, 1.82) is 0 Å². The van der Waals surface area contributed by atoms with E-state index in [0.29, 0.717) is 35.6 Å². The quantitative estimate of drug-likeness (QED) is 0.518. The first-order valence-corrected chi connectivity index (χ1v) is 10.4. The van der Waals surface area contributed by atoms with Crippen LogP contribution in [0.25, 0.3) is 11.2 Å². The Morgan fingerprint density at radius 1 is 1.17 bits per heavy atom. The summed E-state index contributed by atoms with van der Waals surface area (Å²) in [6.45, 7) is 4.89. The molecule has 2 aromatic heterocycles. The number of halogens is 1. The number of aryl methyl sites for hydroxylation is 2. The Balaban J connectivity index is 1.99. The first-order valence-electron chi connectivity index (χ1n) is 9.61. The summed E-state index contributed by atoms with van der Waals surface area (Å²) in [5.41, 5.74) is 0.110. The summed E-state index contributed by atoms with van der Waals surface area (Å²) in [5.74, 6) is -0.0507. The highest BCUT2D eigenvalue weighted by Crippen LogP contribution is 2.16. The summed E-state index contributed by atoms with van der Waals surface area (Å²) in [5, 5.41) is 0. The molecule has 0 spiro atoms. The molecule has 3 aromatic rings. The molecule has 0 fully saturated rings. The lowest BCUT2D eigenvalue weighted by Crippen LogP contribution is -2.31. The average Bonchev–Trinajstić information content (AvgIpc) is 3.05. The Morgan fingerprint density at radius 3 is 2.66 bits per heavy atom. The van der Waals surface area contributed by atoms with Gasteiger partial charge in [0.2, 0.25) is 0 Å². The van der Waals surface area contributed by atoms with Crippen molar-refractivity contribution in [2.24, 2.45) is 0 Å². The number of carbonyl (C=O) groups excluding carboxylic acids is 1. The van der Waals surface area contributed by atoms with E-state index < -0.39 is 17.2 Å². The lowest BCUT2D eigenvalue weighted by Gasteiger charge is -2.08. The van der Waals surface area contributed by atoms with Crippen LogP contribution in [0.3, 0.4) is 0 Å².